The highest BCUT2D eigenvalue weighted by Gasteiger charge is 2.18. The van der Waals surface area contributed by atoms with Crippen LogP contribution < -0.4 is 10.2 Å². The van der Waals surface area contributed by atoms with Gasteiger partial charge in [-0.15, -0.1) is 0 Å². The summed E-state index contributed by atoms with van der Waals surface area (Å²) in [6.07, 6.45) is 12.6. The van der Waals surface area contributed by atoms with E-state index in [1.807, 2.05) is 37.6 Å². The maximum Gasteiger partial charge on any atom is 0.253 e. The van der Waals surface area contributed by atoms with E-state index in [-0.39, 0.29) is 5.91 Å². The summed E-state index contributed by atoms with van der Waals surface area (Å²) in [6, 6.07) is 6.30. The molecule has 0 unspecified atom stereocenters. The minimum atomic E-state index is -0.0150. The molecule has 126 valence electrons. The summed E-state index contributed by atoms with van der Waals surface area (Å²) in [5.41, 5.74) is 2.85. The van der Waals surface area contributed by atoms with E-state index in [9.17, 15) is 4.79 Å². The Kier molecular flexibility index (Phi) is 5.41. The van der Waals surface area contributed by atoms with Crippen molar-refractivity contribution < 1.29 is 4.79 Å². The molecule has 24 heavy (non-hydrogen) atoms. The van der Waals surface area contributed by atoms with Crippen LogP contribution >= 0.6 is 0 Å². The molecule has 1 N–H and O–H groups in total. The van der Waals surface area contributed by atoms with Crippen molar-refractivity contribution in [2.45, 2.75) is 38.1 Å². The highest BCUT2D eigenvalue weighted by atomic mass is 16.1. The van der Waals surface area contributed by atoms with Gasteiger partial charge in [0.05, 0.1) is 17.4 Å². The Morgan fingerprint density at radius 2 is 1.96 bits per heavy atom. The number of anilines is 1. The fraction of sp³-hybridized carbons (Fsp3) is 0.421. The topological polar surface area (TPSA) is 58.1 Å². The Hall–Kier alpha value is -2.43. The number of aromatic nitrogens is 2. The SMILES string of the molecule is CN(CCc1ccncc1)c1cncc(C(=O)NC2CCCC2)c1. The first-order chi connectivity index (χ1) is 11.7. The monoisotopic (exact) mass is 324 g/mol. The molecular formula is C19H24N4O. The zero-order chi connectivity index (χ0) is 16.8. The summed E-state index contributed by atoms with van der Waals surface area (Å²) in [5.74, 6) is -0.0150. The average Bonchev–Trinajstić information content (AvgIpc) is 3.13. The second-order valence-electron chi connectivity index (χ2n) is 6.41. The van der Waals surface area contributed by atoms with Gasteiger partial charge in [0.15, 0.2) is 0 Å². The number of pyridine rings is 2. The van der Waals surface area contributed by atoms with Crippen molar-refractivity contribution in [2.75, 3.05) is 18.5 Å². The van der Waals surface area contributed by atoms with E-state index in [0.717, 1.165) is 31.5 Å². The number of amides is 1. The maximum atomic E-state index is 12.4. The van der Waals surface area contributed by atoms with Gasteiger partial charge >= 0.3 is 0 Å². The van der Waals surface area contributed by atoms with Gasteiger partial charge in [-0.25, -0.2) is 0 Å². The molecule has 0 aliphatic heterocycles. The minimum absolute atomic E-state index is 0.0150. The number of hydrogen-bond acceptors (Lipinski definition) is 4. The molecule has 2 aromatic heterocycles. The zero-order valence-corrected chi connectivity index (χ0v) is 14.1. The molecule has 0 saturated heterocycles. The molecule has 3 rings (SSSR count). The molecule has 5 heteroatoms. The standard InChI is InChI=1S/C19H24N4O/c1-23(11-8-15-6-9-20-10-7-15)18-12-16(13-21-14-18)19(24)22-17-4-2-3-5-17/h6-7,9-10,12-14,17H,2-5,8,11H2,1H3,(H,22,24). The Morgan fingerprint density at radius 3 is 2.71 bits per heavy atom. The Bertz CT molecular complexity index is 668. The van der Waals surface area contributed by atoms with Gasteiger partial charge in [-0.1, -0.05) is 12.8 Å². The number of likely N-dealkylation sites (N-methyl/N-ethyl adjacent to an activating group) is 1. The van der Waals surface area contributed by atoms with Crippen LogP contribution in [-0.2, 0) is 6.42 Å². The second-order valence-corrected chi connectivity index (χ2v) is 6.41. The lowest BCUT2D eigenvalue weighted by Gasteiger charge is -2.20. The third-order valence-corrected chi connectivity index (χ3v) is 4.60. The predicted molar refractivity (Wildman–Crippen MR) is 95.2 cm³/mol. The number of nitrogens with one attached hydrogen (secondary N) is 1. The van der Waals surface area contributed by atoms with Gasteiger partial charge in [0.1, 0.15) is 0 Å². The van der Waals surface area contributed by atoms with Crippen LogP contribution in [0.3, 0.4) is 0 Å². The van der Waals surface area contributed by atoms with Gasteiger partial charge in [-0.05, 0) is 43.0 Å². The first-order valence-corrected chi connectivity index (χ1v) is 8.58. The van der Waals surface area contributed by atoms with Gasteiger partial charge in [-0.2, -0.15) is 0 Å². The third-order valence-electron chi connectivity index (χ3n) is 4.60. The minimum Gasteiger partial charge on any atom is -0.373 e. The first kappa shape index (κ1) is 16.4. The summed E-state index contributed by atoms with van der Waals surface area (Å²) in [6.45, 7) is 0.861. The highest BCUT2D eigenvalue weighted by molar-refractivity contribution is 5.94. The molecular weight excluding hydrogens is 300 g/mol. The summed E-state index contributed by atoms with van der Waals surface area (Å²) >= 11 is 0. The van der Waals surface area contributed by atoms with Gasteiger partial charge in [-0.3, -0.25) is 14.8 Å². The predicted octanol–water partition coefficient (Wildman–Crippen LogP) is 2.83. The molecule has 5 nitrogen and oxygen atoms in total. The van der Waals surface area contributed by atoms with E-state index in [4.69, 9.17) is 0 Å². The molecule has 1 saturated carbocycles. The molecule has 0 radical (unpaired) electrons. The van der Waals surface area contributed by atoms with Crippen molar-refractivity contribution in [3.8, 4) is 0 Å². The molecule has 1 aliphatic rings. The molecule has 0 atom stereocenters. The average molecular weight is 324 g/mol. The lowest BCUT2D eigenvalue weighted by molar-refractivity contribution is 0.0937. The van der Waals surface area contributed by atoms with Gasteiger partial charge in [0.25, 0.3) is 5.91 Å². The molecule has 0 bridgehead atoms. The zero-order valence-electron chi connectivity index (χ0n) is 14.1. The van der Waals surface area contributed by atoms with Crippen LogP contribution in [0.5, 0.6) is 0 Å². The number of rotatable bonds is 6. The van der Waals surface area contributed by atoms with Crippen LogP contribution in [0.25, 0.3) is 0 Å². The molecule has 1 amide bonds. The van der Waals surface area contributed by atoms with E-state index >= 15 is 0 Å². The quantitative estimate of drug-likeness (QED) is 0.888. The molecule has 1 aliphatic carbocycles. The van der Waals surface area contributed by atoms with Crippen molar-refractivity contribution in [1.29, 1.82) is 0 Å². The van der Waals surface area contributed by atoms with Crippen molar-refractivity contribution in [3.63, 3.8) is 0 Å². The lowest BCUT2D eigenvalue weighted by Crippen LogP contribution is -2.32. The maximum absolute atomic E-state index is 12.4. The Balaban J connectivity index is 1.60. The molecule has 2 heterocycles. The normalized spacial score (nSPS) is 14.5. The van der Waals surface area contributed by atoms with Crippen molar-refractivity contribution in [3.05, 3.63) is 54.1 Å². The van der Waals surface area contributed by atoms with Crippen LogP contribution in [0.1, 0.15) is 41.6 Å². The molecule has 2 aromatic rings. The number of hydrogen-bond donors (Lipinski definition) is 1. The number of carbonyl (C=O) groups is 1. The smallest absolute Gasteiger partial charge is 0.253 e. The van der Waals surface area contributed by atoms with Crippen molar-refractivity contribution in [2.24, 2.45) is 0 Å². The van der Waals surface area contributed by atoms with Crippen LogP contribution in [0, 0.1) is 0 Å². The number of carbonyl (C=O) groups excluding carboxylic acids is 1. The number of nitrogens with zero attached hydrogens (tertiary/aromatic N) is 3. The van der Waals surface area contributed by atoms with E-state index in [1.54, 1.807) is 12.4 Å². The second kappa shape index (κ2) is 7.90. The van der Waals surface area contributed by atoms with E-state index in [1.165, 1.54) is 18.4 Å². The largest absolute Gasteiger partial charge is 0.373 e. The fourth-order valence-electron chi connectivity index (χ4n) is 3.07. The molecule has 1 fully saturated rings. The van der Waals surface area contributed by atoms with Crippen molar-refractivity contribution >= 4 is 11.6 Å². The van der Waals surface area contributed by atoms with Crippen LogP contribution in [0.15, 0.2) is 43.0 Å². The molecule has 0 aromatic carbocycles. The van der Waals surface area contributed by atoms with Crippen LogP contribution in [-0.4, -0.2) is 35.5 Å². The fourth-order valence-corrected chi connectivity index (χ4v) is 3.07. The van der Waals surface area contributed by atoms with Gasteiger partial charge in [0, 0.05) is 38.2 Å². The summed E-state index contributed by atoms with van der Waals surface area (Å²) in [4.78, 5) is 22.8. The summed E-state index contributed by atoms with van der Waals surface area (Å²) in [5, 5.41) is 3.11. The van der Waals surface area contributed by atoms with E-state index in [2.05, 4.69) is 20.2 Å². The highest BCUT2D eigenvalue weighted by Crippen LogP contribution is 2.19. The summed E-state index contributed by atoms with van der Waals surface area (Å²) in [7, 11) is 2.02. The Morgan fingerprint density at radius 1 is 1.21 bits per heavy atom. The molecule has 0 spiro atoms. The first-order valence-electron chi connectivity index (χ1n) is 8.58. The lowest BCUT2D eigenvalue weighted by atomic mass is 10.1. The van der Waals surface area contributed by atoms with E-state index in [0.29, 0.717) is 11.6 Å². The Labute approximate surface area is 143 Å². The van der Waals surface area contributed by atoms with Crippen LogP contribution in [0.4, 0.5) is 5.69 Å². The third kappa shape index (κ3) is 4.31. The van der Waals surface area contributed by atoms with E-state index < -0.39 is 0 Å². The summed E-state index contributed by atoms with van der Waals surface area (Å²) < 4.78 is 0. The van der Waals surface area contributed by atoms with Crippen molar-refractivity contribution in [1.82, 2.24) is 15.3 Å². The van der Waals surface area contributed by atoms with Crippen LogP contribution in [0.2, 0.25) is 0 Å². The van der Waals surface area contributed by atoms with Gasteiger partial charge in [0.2, 0.25) is 0 Å². The van der Waals surface area contributed by atoms with Gasteiger partial charge < -0.3 is 10.2 Å².